The maximum Gasteiger partial charge on any atom is 0.336 e. The zero-order chi connectivity index (χ0) is 22.3. The van der Waals surface area contributed by atoms with Gasteiger partial charge in [0.25, 0.3) is 0 Å². The monoisotopic (exact) mass is 420 g/mol. The fourth-order valence-corrected chi connectivity index (χ4v) is 4.17. The SMILES string of the molecule is COc1cc(C=C2CC(C)Cc3c2nc2ccccc2c3C(=O)O)cc([N+](=O)[O-])c1O. The van der Waals surface area contributed by atoms with Gasteiger partial charge in [0.1, 0.15) is 0 Å². The van der Waals surface area contributed by atoms with E-state index in [1.165, 1.54) is 19.2 Å². The van der Waals surface area contributed by atoms with Crippen molar-refractivity contribution in [1.29, 1.82) is 0 Å². The van der Waals surface area contributed by atoms with Gasteiger partial charge in [-0.25, -0.2) is 9.78 Å². The van der Waals surface area contributed by atoms with Crippen LogP contribution in [-0.2, 0) is 6.42 Å². The summed E-state index contributed by atoms with van der Waals surface area (Å²) in [6.07, 6.45) is 2.95. The molecule has 4 rings (SSSR count). The normalized spacial score (nSPS) is 16.8. The highest BCUT2D eigenvalue weighted by Gasteiger charge is 2.28. The minimum absolute atomic E-state index is 0.0113. The Morgan fingerprint density at radius 3 is 2.71 bits per heavy atom. The lowest BCUT2D eigenvalue weighted by Crippen LogP contribution is -2.17. The Balaban J connectivity index is 1.97. The van der Waals surface area contributed by atoms with Crippen molar-refractivity contribution < 1.29 is 24.7 Å². The molecule has 0 aliphatic heterocycles. The van der Waals surface area contributed by atoms with Crippen molar-refractivity contribution in [1.82, 2.24) is 4.98 Å². The maximum absolute atomic E-state index is 12.1. The molecule has 0 amide bonds. The van der Waals surface area contributed by atoms with Crippen molar-refractivity contribution in [3.63, 3.8) is 0 Å². The van der Waals surface area contributed by atoms with Crippen LogP contribution in [0, 0.1) is 16.0 Å². The van der Waals surface area contributed by atoms with Crippen LogP contribution in [-0.4, -0.2) is 33.2 Å². The number of phenolic OH excluding ortho intramolecular Hbond substituents is 1. The number of allylic oxidation sites excluding steroid dienone is 1. The molecule has 1 heterocycles. The lowest BCUT2D eigenvalue weighted by molar-refractivity contribution is -0.386. The molecule has 31 heavy (non-hydrogen) atoms. The van der Waals surface area contributed by atoms with Gasteiger partial charge in [0.2, 0.25) is 5.75 Å². The summed E-state index contributed by atoms with van der Waals surface area (Å²) in [4.78, 5) is 27.5. The fourth-order valence-electron chi connectivity index (χ4n) is 4.17. The van der Waals surface area contributed by atoms with Gasteiger partial charge in [0.15, 0.2) is 5.75 Å². The number of pyridine rings is 1. The largest absolute Gasteiger partial charge is 0.500 e. The first-order valence-electron chi connectivity index (χ1n) is 9.71. The number of hydrogen-bond acceptors (Lipinski definition) is 6. The van der Waals surface area contributed by atoms with Gasteiger partial charge in [-0.1, -0.05) is 25.1 Å². The Labute approximate surface area is 177 Å². The number of rotatable bonds is 4. The molecular weight excluding hydrogens is 400 g/mol. The number of carboxylic acid groups (broad SMARTS) is 1. The minimum Gasteiger partial charge on any atom is -0.500 e. The molecule has 8 heteroatoms. The number of phenols is 1. The van der Waals surface area contributed by atoms with Crippen LogP contribution < -0.4 is 4.74 Å². The van der Waals surface area contributed by atoms with Gasteiger partial charge in [-0.2, -0.15) is 0 Å². The van der Waals surface area contributed by atoms with E-state index < -0.39 is 22.3 Å². The van der Waals surface area contributed by atoms with E-state index in [4.69, 9.17) is 9.72 Å². The summed E-state index contributed by atoms with van der Waals surface area (Å²) in [7, 11) is 1.32. The predicted octanol–water partition coefficient (Wildman–Crippen LogP) is 4.68. The Morgan fingerprint density at radius 1 is 1.29 bits per heavy atom. The molecule has 0 bridgehead atoms. The van der Waals surface area contributed by atoms with Crippen LogP contribution in [0.5, 0.6) is 11.5 Å². The zero-order valence-corrected chi connectivity index (χ0v) is 17.0. The van der Waals surface area contributed by atoms with Gasteiger partial charge in [-0.05, 0) is 53.7 Å². The number of ether oxygens (including phenoxy) is 1. The van der Waals surface area contributed by atoms with Gasteiger partial charge in [-0.3, -0.25) is 10.1 Å². The van der Waals surface area contributed by atoms with E-state index in [-0.39, 0.29) is 17.2 Å². The number of aromatic nitrogens is 1. The number of carboxylic acids is 1. The first-order valence-corrected chi connectivity index (χ1v) is 9.71. The molecule has 158 valence electrons. The lowest BCUT2D eigenvalue weighted by atomic mass is 9.80. The molecule has 1 aliphatic carbocycles. The fraction of sp³-hybridized carbons (Fsp3) is 0.217. The van der Waals surface area contributed by atoms with Crippen LogP contribution in [0.15, 0.2) is 36.4 Å². The molecule has 2 aromatic carbocycles. The molecule has 0 fully saturated rings. The highest BCUT2D eigenvalue weighted by atomic mass is 16.6. The van der Waals surface area contributed by atoms with Crippen molar-refractivity contribution in [2.24, 2.45) is 5.92 Å². The number of aromatic carboxylic acids is 1. The summed E-state index contributed by atoms with van der Waals surface area (Å²) in [5.41, 5.74) is 2.85. The third kappa shape index (κ3) is 3.56. The molecule has 1 aliphatic rings. The summed E-state index contributed by atoms with van der Waals surface area (Å²) in [6, 6.07) is 9.88. The standard InChI is InChI=1S/C23H20N2O6/c1-12-7-14(9-13-10-18(25(29)30)22(26)19(11-13)31-2)21-16(8-12)20(23(27)28)15-5-3-4-6-17(15)24-21/h3-6,9-12,26H,7-8H2,1-2H3,(H,27,28). The summed E-state index contributed by atoms with van der Waals surface area (Å²) >= 11 is 0. The number of fused-ring (bicyclic) bond motifs is 2. The topological polar surface area (TPSA) is 123 Å². The number of nitrogens with zero attached hydrogens (tertiary/aromatic N) is 2. The Bertz CT molecular complexity index is 1260. The van der Waals surface area contributed by atoms with Gasteiger partial charge in [0, 0.05) is 11.5 Å². The highest BCUT2D eigenvalue weighted by Crippen LogP contribution is 2.41. The van der Waals surface area contributed by atoms with E-state index in [1.54, 1.807) is 30.3 Å². The summed E-state index contributed by atoms with van der Waals surface area (Å²) in [6.45, 7) is 2.03. The summed E-state index contributed by atoms with van der Waals surface area (Å²) < 4.78 is 5.09. The summed E-state index contributed by atoms with van der Waals surface area (Å²) in [5.74, 6) is -1.40. The lowest BCUT2D eigenvalue weighted by Gasteiger charge is -2.26. The molecular formula is C23H20N2O6. The number of carbonyl (C=O) groups is 1. The van der Waals surface area contributed by atoms with Gasteiger partial charge < -0.3 is 14.9 Å². The number of para-hydroxylation sites is 1. The number of aromatic hydroxyl groups is 1. The van der Waals surface area contributed by atoms with E-state index in [1.807, 2.05) is 6.92 Å². The summed E-state index contributed by atoms with van der Waals surface area (Å²) in [5, 5.41) is 31.9. The molecule has 8 nitrogen and oxygen atoms in total. The van der Waals surface area contributed by atoms with Gasteiger partial charge in [0.05, 0.1) is 28.8 Å². The Hall–Kier alpha value is -3.94. The number of nitro benzene ring substituents is 1. The zero-order valence-electron chi connectivity index (χ0n) is 17.0. The van der Waals surface area contributed by atoms with Crippen LogP contribution in [0.25, 0.3) is 22.6 Å². The molecule has 0 saturated heterocycles. The van der Waals surface area contributed by atoms with Crippen molar-refractivity contribution in [3.05, 3.63) is 68.9 Å². The van der Waals surface area contributed by atoms with Crippen molar-refractivity contribution in [3.8, 4) is 11.5 Å². The van der Waals surface area contributed by atoms with Crippen LogP contribution in [0.3, 0.4) is 0 Å². The Morgan fingerprint density at radius 2 is 2.03 bits per heavy atom. The average Bonchev–Trinajstić information content (AvgIpc) is 2.72. The molecule has 0 spiro atoms. The van der Waals surface area contributed by atoms with Crippen LogP contribution in [0.1, 0.15) is 40.5 Å². The molecule has 1 unspecified atom stereocenters. The van der Waals surface area contributed by atoms with Crippen molar-refractivity contribution >= 4 is 34.2 Å². The number of benzene rings is 2. The van der Waals surface area contributed by atoms with E-state index in [9.17, 15) is 25.1 Å². The van der Waals surface area contributed by atoms with E-state index >= 15 is 0 Å². The smallest absolute Gasteiger partial charge is 0.336 e. The Kier molecular flexibility index (Phi) is 5.06. The van der Waals surface area contributed by atoms with E-state index in [0.29, 0.717) is 40.6 Å². The molecule has 0 radical (unpaired) electrons. The quantitative estimate of drug-likeness (QED) is 0.464. The third-order valence-corrected chi connectivity index (χ3v) is 5.47. The third-order valence-electron chi connectivity index (χ3n) is 5.47. The highest BCUT2D eigenvalue weighted by molar-refractivity contribution is 6.06. The molecule has 2 N–H and O–H groups in total. The second-order valence-electron chi connectivity index (χ2n) is 7.67. The number of hydrogen-bond donors (Lipinski definition) is 2. The van der Waals surface area contributed by atoms with E-state index in [0.717, 1.165) is 5.57 Å². The molecule has 3 aromatic rings. The first kappa shape index (κ1) is 20.3. The van der Waals surface area contributed by atoms with Gasteiger partial charge >= 0.3 is 11.7 Å². The van der Waals surface area contributed by atoms with Crippen LogP contribution in [0.2, 0.25) is 0 Å². The molecule has 0 saturated carbocycles. The second-order valence-corrected chi connectivity index (χ2v) is 7.67. The van der Waals surface area contributed by atoms with Crippen LogP contribution in [0.4, 0.5) is 5.69 Å². The maximum atomic E-state index is 12.1. The molecule has 1 atom stereocenters. The van der Waals surface area contributed by atoms with Crippen molar-refractivity contribution in [2.75, 3.05) is 7.11 Å². The minimum atomic E-state index is -1.01. The van der Waals surface area contributed by atoms with Crippen LogP contribution >= 0.6 is 0 Å². The number of nitro groups is 1. The van der Waals surface area contributed by atoms with Gasteiger partial charge in [-0.15, -0.1) is 0 Å². The first-order chi connectivity index (χ1) is 14.8. The van der Waals surface area contributed by atoms with E-state index in [2.05, 4.69) is 0 Å². The second kappa shape index (κ2) is 7.71. The van der Waals surface area contributed by atoms with Crippen molar-refractivity contribution in [2.45, 2.75) is 19.8 Å². The predicted molar refractivity (Wildman–Crippen MR) is 115 cm³/mol. The number of methoxy groups -OCH3 is 1. The average molecular weight is 420 g/mol. The molecule has 1 aromatic heterocycles.